The SMILES string of the molecule is Cc1cccc(C)c1NC(=O)CSc1nc2ccc(NC(=O)CSc3nnc(-c4ccc(Cl)cc4)n3-c3ccccc3)cc2s1. The third-order valence-electron chi connectivity index (χ3n) is 6.81. The van der Waals surface area contributed by atoms with Gasteiger partial charge in [0.05, 0.1) is 21.7 Å². The zero-order valence-electron chi connectivity index (χ0n) is 24.3. The molecule has 0 atom stereocenters. The number of carbonyl (C=O) groups is 2. The molecule has 0 saturated carbocycles. The summed E-state index contributed by atoms with van der Waals surface area (Å²) < 4.78 is 3.65. The van der Waals surface area contributed by atoms with Crippen molar-refractivity contribution in [2.45, 2.75) is 23.3 Å². The van der Waals surface area contributed by atoms with E-state index >= 15 is 0 Å². The summed E-state index contributed by atoms with van der Waals surface area (Å²) in [6.07, 6.45) is 0. The van der Waals surface area contributed by atoms with Gasteiger partial charge in [0, 0.05) is 27.6 Å². The second kappa shape index (κ2) is 13.9. The number of nitrogens with one attached hydrogen (secondary N) is 2. The van der Waals surface area contributed by atoms with Crippen molar-refractivity contribution in [1.82, 2.24) is 19.7 Å². The average molecular weight is 671 g/mol. The molecule has 8 nitrogen and oxygen atoms in total. The van der Waals surface area contributed by atoms with Gasteiger partial charge < -0.3 is 10.6 Å². The minimum absolute atomic E-state index is 0.0782. The molecule has 0 radical (unpaired) electrons. The second-order valence-electron chi connectivity index (χ2n) is 10.1. The van der Waals surface area contributed by atoms with Crippen LogP contribution in [0.3, 0.4) is 0 Å². The number of benzene rings is 4. The standard InChI is InChI=1S/C33H27ClN6O2S3/c1-20-7-6-8-21(2)30(20)37-29(42)19-44-33-36-26-16-15-24(17-27(26)45-33)35-28(41)18-43-32-39-38-31(22-11-13-23(34)14-12-22)40(32)25-9-4-3-5-10-25/h3-17H,18-19H2,1-2H3,(H,35,41)(H,37,42). The van der Waals surface area contributed by atoms with Gasteiger partial charge in [0.15, 0.2) is 15.3 Å². The summed E-state index contributed by atoms with van der Waals surface area (Å²) in [5, 5.41) is 16.1. The molecule has 6 rings (SSSR count). The fourth-order valence-corrected chi connectivity index (χ4v) is 7.43. The molecule has 4 aromatic carbocycles. The minimum atomic E-state index is -0.169. The summed E-state index contributed by atoms with van der Waals surface area (Å²) in [6, 6.07) is 28.8. The highest BCUT2D eigenvalue weighted by Gasteiger charge is 2.18. The fraction of sp³-hybridized carbons (Fsp3) is 0.121. The highest BCUT2D eigenvalue weighted by Crippen LogP contribution is 2.32. The third kappa shape index (κ3) is 7.39. The lowest BCUT2D eigenvalue weighted by atomic mass is 10.1. The van der Waals surface area contributed by atoms with Crippen LogP contribution in [0.5, 0.6) is 0 Å². The first-order valence-corrected chi connectivity index (χ1v) is 17.1. The van der Waals surface area contributed by atoms with Crippen molar-refractivity contribution in [1.29, 1.82) is 0 Å². The third-order valence-corrected chi connectivity index (χ3v) is 10.1. The van der Waals surface area contributed by atoms with Crippen molar-refractivity contribution < 1.29 is 9.59 Å². The van der Waals surface area contributed by atoms with Crippen LogP contribution in [0.15, 0.2) is 100 Å². The molecule has 0 aliphatic heterocycles. The molecular weight excluding hydrogens is 644 g/mol. The van der Waals surface area contributed by atoms with Crippen LogP contribution >= 0.6 is 46.5 Å². The maximum atomic E-state index is 13.0. The maximum Gasteiger partial charge on any atom is 0.234 e. The van der Waals surface area contributed by atoms with Gasteiger partial charge in [-0.25, -0.2) is 4.98 Å². The number of aromatic nitrogens is 4. The zero-order chi connectivity index (χ0) is 31.3. The number of thiazole rings is 1. The van der Waals surface area contributed by atoms with Gasteiger partial charge in [-0.2, -0.15) is 0 Å². The number of rotatable bonds is 10. The summed E-state index contributed by atoms with van der Waals surface area (Å²) in [7, 11) is 0. The molecule has 2 amide bonds. The van der Waals surface area contributed by atoms with Crippen LogP contribution in [-0.4, -0.2) is 43.1 Å². The lowest BCUT2D eigenvalue weighted by Gasteiger charge is -2.10. The van der Waals surface area contributed by atoms with Crippen molar-refractivity contribution in [2.75, 3.05) is 22.1 Å². The molecule has 0 aliphatic rings. The van der Waals surface area contributed by atoms with E-state index in [0.29, 0.717) is 21.7 Å². The van der Waals surface area contributed by atoms with E-state index in [4.69, 9.17) is 11.6 Å². The lowest BCUT2D eigenvalue weighted by molar-refractivity contribution is -0.114. The molecule has 0 spiro atoms. The lowest BCUT2D eigenvalue weighted by Crippen LogP contribution is -2.15. The fourth-order valence-electron chi connectivity index (χ4n) is 4.64. The summed E-state index contributed by atoms with van der Waals surface area (Å²) >= 11 is 10.3. The van der Waals surface area contributed by atoms with Gasteiger partial charge in [-0.05, 0) is 79.6 Å². The van der Waals surface area contributed by atoms with Gasteiger partial charge in [-0.3, -0.25) is 14.2 Å². The van der Waals surface area contributed by atoms with E-state index in [1.807, 2.05) is 109 Å². The molecule has 12 heteroatoms. The molecule has 2 aromatic heterocycles. The van der Waals surface area contributed by atoms with Gasteiger partial charge in [-0.1, -0.05) is 71.5 Å². The molecule has 45 heavy (non-hydrogen) atoms. The number of anilines is 2. The highest BCUT2D eigenvalue weighted by molar-refractivity contribution is 8.01. The van der Waals surface area contributed by atoms with Crippen LogP contribution in [0.1, 0.15) is 11.1 Å². The van der Waals surface area contributed by atoms with Crippen LogP contribution in [0.2, 0.25) is 5.02 Å². The van der Waals surface area contributed by atoms with Crippen LogP contribution in [0.4, 0.5) is 11.4 Å². The smallest absolute Gasteiger partial charge is 0.234 e. The van der Waals surface area contributed by atoms with Crippen molar-refractivity contribution in [2.24, 2.45) is 0 Å². The largest absolute Gasteiger partial charge is 0.325 e. The second-order valence-corrected chi connectivity index (χ2v) is 13.7. The molecule has 2 heterocycles. The van der Waals surface area contributed by atoms with E-state index < -0.39 is 0 Å². The number of thioether (sulfide) groups is 2. The van der Waals surface area contributed by atoms with Gasteiger partial charge in [-0.15, -0.1) is 21.5 Å². The predicted molar refractivity (Wildman–Crippen MR) is 186 cm³/mol. The van der Waals surface area contributed by atoms with Gasteiger partial charge >= 0.3 is 0 Å². The van der Waals surface area contributed by atoms with Crippen molar-refractivity contribution in [3.05, 3.63) is 107 Å². The number of amides is 2. The van der Waals surface area contributed by atoms with Gasteiger partial charge in [0.2, 0.25) is 11.8 Å². The van der Waals surface area contributed by atoms with Gasteiger partial charge in [0.1, 0.15) is 0 Å². The summed E-state index contributed by atoms with van der Waals surface area (Å²) in [4.78, 5) is 30.3. The number of para-hydroxylation sites is 2. The molecule has 0 aliphatic carbocycles. The first-order valence-electron chi connectivity index (χ1n) is 13.9. The van der Waals surface area contributed by atoms with Gasteiger partial charge in [0.25, 0.3) is 0 Å². The number of nitrogens with zero attached hydrogens (tertiary/aromatic N) is 4. The average Bonchev–Trinajstić information content (AvgIpc) is 3.65. The van der Waals surface area contributed by atoms with Crippen molar-refractivity contribution in [3.8, 4) is 17.1 Å². The Kier molecular flexibility index (Phi) is 9.50. The Morgan fingerprint density at radius 2 is 1.53 bits per heavy atom. The molecule has 0 unspecified atom stereocenters. The van der Waals surface area contributed by atoms with E-state index in [9.17, 15) is 9.59 Å². The van der Waals surface area contributed by atoms with Crippen molar-refractivity contribution >= 4 is 79.9 Å². The van der Waals surface area contributed by atoms with E-state index in [2.05, 4.69) is 25.8 Å². The Labute approximate surface area is 277 Å². The Morgan fingerprint density at radius 3 is 2.29 bits per heavy atom. The Hall–Kier alpha value is -4.16. The van der Waals surface area contributed by atoms with Crippen LogP contribution in [0.25, 0.3) is 27.3 Å². The molecule has 226 valence electrons. The molecule has 0 bridgehead atoms. The number of aryl methyl sites for hydroxylation is 2. The Bertz CT molecular complexity index is 1970. The number of hydrogen-bond acceptors (Lipinski definition) is 8. The van der Waals surface area contributed by atoms with Crippen LogP contribution in [0, 0.1) is 13.8 Å². The first-order chi connectivity index (χ1) is 21.8. The summed E-state index contributed by atoms with van der Waals surface area (Å²) in [5.74, 6) is 0.806. The maximum absolute atomic E-state index is 13.0. The monoisotopic (exact) mass is 670 g/mol. The molecule has 2 N–H and O–H groups in total. The molecule has 6 aromatic rings. The summed E-state index contributed by atoms with van der Waals surface area (Å²) in [6.45, 7) is 3.96. The molecule has 0 fully saturated rings. The Balaban J connectivity index is 1.09. The normalized spacial score (nSPS) is 11.1. The predicted octanol–water partition coefficient (Wildman–Crippen LogP) is 8.28. The number of halogens is 1. The molecular formula is C33H27ClN6O2S3. The molecule has 0 saturated heterocycles. The topological polar surface area (TPSA) is 102 Å². The first kappa shape index (κ1) is 30.8. The zero-order valence-corrected chi connectivity index (χ0v) is 27.5. The van der Waals surface area contributed by atoms with Crippen molar-refractivity contribution in [3.63, 3.8) is 0 Å². The van der Waals surface area contributed by atoms with E-state index in [0.717, 1.165) is 42.6 Å². The number of hydrogen-bond donors (Lipinski definition) is 2. The van der Waals surface area contributed by atoms with E-state index in [1.165, 1.54) is 34.9 Å². The summed E-state index contributed by atoms with van der Waals surface area (Å²) in [5.41, 5.74) is 6.16. The van der Waals surface area contributed by atoms with E-state index in [-0.39, 0.29) is 23.3 Å². The minimum Gasteiger partial charge on any atom is -0.325 e. The Morgan fingerprint density at radius 1 is 0.822 bits per heavy atom. The quantitative estimate of drug-likeness (QED) is 0.141. The number of fused-ring (bicyclic) bond motifs is 1. The van der Waals surface area contributed by atoms with Crippen LogP contribution in [-0.2, 0) is 9.59 Å². The van der Waals surface area contributed by atoms with Crippen LogP contribution < -0.4 is 10.6 Å². The van der Waals surface area contributed by atoms with E-state index in [1.54, 1.807) is 0 Å². The number of carbonyl (C=O) groups excluding carboxylic acids is 2. The highest BCUT2D eigenvalue weighted by atomic mass is 35.5.